The van der Waals surface area contributed by atoms with Crippen LogP contribution in [0.3, 0.4) is 0 Å². The Bertz CT molecular complexity index is 526. The molecule has 0 atom stereocenters. The molecule has 5 nitrogen and oxygen atoms in total. The molecule has 0 saturated carbocycles. The molecule has 1 aromatic heterocycles. The van der Waals surface area contributed by atoms with Gasteiger partial charge in [-0.1, -0.05) is 6.08 Å². The third-order valence-electron chi connectivity index (χ3n) is 2.21. The number of rotatable bonds is 3. The van der Waals surface area contributed by atoms with Gasteiger partial charge in [0.15, 0.2) is 0 Å². The van der Waals surface area contributed by atoms with E-state index in [1.165, 1.54) is 0 Å². The van der Waals surface area contributed by atoms with Gasteiger partial charge < -0.3 is 9.17 Å². The minimum atomic E-state index is -3.41. The number of H-pyrrole nitrogens is 1. The summed E-state index contributed by atoms with van der Waals surface area (Å²) in [6.45, 7) is 0. The zero-order valence-corrected chi connectivity index (χ0v) is 9.62. The van der Waals surface area contributed by atoms with Crippen molar-refractivity contribution in [2.45, 2.75) is 12.8 Å². The zero-order chi connectivity index (χ0) is 11.6. The first kappa shape index (κ1) is 10.9. The molecule has 0 saturated heterocycles. The van der Waals surface area contributed by atoms with E-state index < -0.39 is 10.1 Å². The predicted molar refractivity (Wildman–Crippen MR) is 59.8 cm³/mol. The van der Waals surface area contributed by atoms with Crippen LogP contribution in [0.1, 0.15) is 18.5 Å². The van der Waals surface area contributed by atoms with Crippen molar-refractivity contribution in [1.29, 1.82) is 0 Å². The molecule has 1 heterocycles. The predicted octanol–water partition coefficient (Wildman–Crippen LogP) is 1.45. The van der Waals surface area contributed by atoms with Crippen LogP contribution in [0.2, 0.25) is 0 Å². The molecule has 0 spiro atoms. The van der Waals surface area contributed by atoms with E-state index in [0.29, 0.717) is 12.2 Å². The van der Waals surface area contributed by atoms with E-state index in [4.69, 9.17) is 4.18 Å². The average molecular weight is 240 g/mol. The molecule has 86 valence electrons. The van der Waals surface area contributed by atoms with Crippen LogP contribution < -0.4 is 0 Å². The lowest BCUT2D eigenvalue weighted by Crippen LogP contribution is -2.04. The summed E-state index contributed by atoms with van der Waals surface area (Å²) < 4.78 is 26.6. The van der Waals surface area contributed by atoms with Gasteiger partial charge in [-0.15, -0.1) is 0 Å². The fraction of sp³-hybridized carbons (Fsp3) is 0.300. The number of hydrogen-bond donors (Lipinski definition) is 1. The van der Waals surface area contributed by atoms with Crippen LogP contribution in [0.5, 0.6) is 0 Å². The Hall–Kier alpha value is -1.56. The second-order valence-electron chi connectivity index (χ2n) is 3.58. The van der Waals surface area contributed by atoms with Crippen molar-refractivity contribution in [2.24, 2.45) is 0 Å². The van der Waals surface area contributed by atoms with Crippen molar-refractivity contribution in [3.63, 3.8) is 0 Å². The van der Waals surface area contributed by atoms with Crippen LogP contribution in [-0.4, -0.2) is 24.6 Å². The molecule has 0 amide bonds. The van der Waals surface area contributed by atoms with E-state index in [0.717, 1.165) is 23.9 Å². The summed E-state index contributed by atoms with van der Waals surface area (Å²) in [5.41, 5.74) is 2.05. The van der Waals surface area contributed by atoms with Crippen LogP contribution in [-0.2, 0) is 14.3 Å². The summed E-state index contributed by atoms with van der Waals surface area (Å²) in [4.78, 5) is 6.93. The topological polar surface area (TPSA) is 72.1 Å². The van der Waals surface area contributed by atoms with E-state index in [2.05, 4.69) is 9.97 Å². The molecular weight excluding hydrogens is 228 g/mol. The SMILES string of the molecule is CS(=O)(=O)OC1=CC=C(c2cnc[nH]2)CC1. The molecule has 0 fully saturated rings. The Balaban J connectivity index is 2.14. The first-order valence-electron chi connectivity index (χ1n) is 4.82. The molecule has 1 aliphatic carbocycles. The lowest BCUT2D eigenvalue weighted by Gasteiger charge is -2.13. The van der Waals surface area contributed by atoms with Gasteiger partial charge in [-0.05, 0) is 18.1 Å². The normalized spacial score (nSPS) is 16.6. The maximum absolute atomic E-state index is 10.9. The Morgan fingerprint density at radius 1 is 1.38 bits per heavy atom. The van der Waals surface area contributed by atoms with Crippen LogP contribution in [0, 0.1) is 0 Å². The lowest BCUT2D eigenvalue weighted by atomic mass is 10.0. The second-order valence-corrected chi connectivity index (χ2v) is 5.15. The highest BCUT2D eigenvalue weighted by atomic mass is 32.2. The van der Waals surface area contributed by atoms with Gasteiger partial charge in [0.2, 0.25) is 0 Å². The van der Waals surface area contributed by atoms with Crippen LogP contribution in [0.4, 0.5) is 0 Å². The van der Waals surface area contributed by atoms with Crippen LogP contribution >= 0.6 is 0 Å². The minimum absolute atomic E-state index is 0.478. The summed E-state index contributed by atoms with van der Waals surface area (Å²) in [6, 6.07) is 0. The van der Waals surface area contributed by atoms with Crippen molar-refractivity contribution < 1.29 is 12.6 Å². The second kappa shape index (κ2) is 4.13. The molecule has 0 unspecified atom stereocenters. The maximum atomic E-state index is 10.9. The standard InChI is InChI=1S/C10H12N2O3S/c1-16(13,14)15-9-4-2-8(3-5-9)10-6-11-7-12-10/h2,4,6-7H,3,5H2,1H3,(H,11,12). The summed E-state index contributed by atoms with van der Waals surface area (Å²) in [6.07, 6.45) is 9.24. The van der Waals surface area contributed by atoms with E-state index in [-0.39, 0.29) is 0 Å². The smallest absolute Gasteiger partial charge is 0.305 e. The molecule has 2 rings (SSSR count). The van der Waals surface area contributed by atoms with Crippen LogP contribution in [0.25, 0.3) is 5.57 Å². The monoisotopic (exact) mass is 240 g/mol. The molecule has 0 aromatic carbocycles. The summed E-state index contributed by atoms with van der Waals surface area (Å²) in [7, 11) is -3.41. The van der Waals surface area contributed by atoms with Gasteiger partial charge in [-0.3, -0.25) is 0 Å². The van der Waals surface area contributed by atoms with Crippen molar-refractivity contribution in [3.8, 4) is 0 Å². The van der Waals surface area contributed by atoms with Crippen molar-refractivity contribution in [2.75, 3.05) is 6.26 Å². The molecule has 1 N–H and O–H groups in total. The van der Waals surface area contributed by atoms with Gasteiger partial charge in [-0.2, -0.15) is 8.42 Å². The van der Waals surface area contributed by atoms with E-state index in [9.17, 15) is 8.42 Å². The number of nitrogens with zero attached hydrogens (tertiary/aromatic N) is 1. The Morgan fingerprint density at radius 2 is 2.19 bits per heavy atom. The lowest BCUT2D eigenvalue weighted by molar-refractivity contribution is 0.395. The molecule has 6 heteroatoms. The number of aromatic amines is 1. The summed E-state index contributed by atoms with van der Waals surface area (Å²) in [5.74, 6) is 0.478. The Kier molecular flexibility index (Phi) is 2.82. The molecular formula is C10H12N2O3S. The third-order valence-corrected chi connectivity index (χ3v) is 2.73. The molecule has 0 radical (unpaired) electrons. The summed E-state index contributed by atoms with van der Waals surface area (Å²) in [5, 5.41) is 0. The Labute approximate surface area is 94.0 Å². The highest BCUT2D eigenvalue weighted by Gasteiger charge is 2.13. The van der Waals surface area contributed by atoms with Crippen LogP contribution in [0.15, 0.2) is 30.4 Å². The van der Waals surface area contributed by atoms with Gasteiger partial charge in [0, 0.05) is 6.42 Å². The van der Waals surface area contributed by atoms with E-state index in [1.807, 2.05) is 6.08 Å². The first-order valence-corrected chi connectivity index (χ1v) is 6.64. The van der Waals surface area contributed by atoms with Crippen molar-refractivity contribution in [1.82, 2.24) is 9.97 Å². The van der Waals surface area contributed by atoms with Crippen molar-refractivity contribution in [3.05, 3.63) is 36.1 Å². The highest BCUT2D eigenvalue weighted by molar-refractivity contribution is 7.86. The number of imidazole rings is 1. The minimum Gasteiger partial charge on any atom is -0.387 e. The van der Waals surface area contributed by atoms with Gasteiger partial charge in [0.25, 0.3) is 0 Å². The van der Waals surface area contributed by atoms with Gasteiger partial charge in [0.05, 0.1) is 24.5 Å². The van der Waals surface area contributed by atoms with Gasteiger partial charge in [-0.25, -0.2) is 4.98 Å². The zero-order valence-electron chi connectivity index (χ0n) is 8.80. The number of hydrogen-bond acceptors (Lipinski definition) is 4. The van der Waals surface area contributed by atoms with E-state index in [1.54, 1.807) is 18.6 Å². The van der Waals surface area contributed by atoms with E-state index >= 15 is 0 Å². The fourth-order valence-corrected chi connectivity index (χ4v) is 2.07. The molecule has 16 heavy (non-hydrogen) atoms. The number of allylic oxidation sites excluding steroid dienone is 4. The fourth-order valence-electron chi connectivity index (χ4n) is 1.54. The molecule has 0 aliphatic heterocycles. The Morgan fingerprint density at radius 3 is 2.69 bits per heavy atom. The highest BCUT2D eigenvalue weighted by Crippen LogP contribution is 2.26. The molecule has 0 bridgehead atoms. The molecule has 1 aromatic rings. The first-order chi connectivity index (χ1) is 7.54. The largest absolute Gasteiger partial charge is 0.387 e. The average Bonchev–Trinajstić information content (AvgIpc) is 2.69. The maximum Gasteiger partial charge on any atom is 0.305 e. The number of nitrogens with one attached hydrogen (secondary N) is 1. The van der Waals surface area contributed by atoms with Gasteiger partial charge in [0.1, 0.15) is 5.76 Å². The quantitative estimate of drug-likeness (QED) is 0.811. The third kappa shape index (κ3) is 2.73. The summed E-state index contributed by atoms with van der Waals surface area (Å²) >= 11 is 0. The van der Waals surface area contributed by atoms with Gasteiger partial charge >= 0.3 is 10.1 Å². The number of aromatic nitrogens is 2. The van der Waals surface area contributed by atoms with Crippen molar-refractivity contribution >= 4 is 15.7 Å². The molecule has 1 aliphatic rings.